The van der Waals surface area contributed by atoms with Crippen LogP contribution in [0.2, 0.25) is 5.02 Å². The number of methoxy groups -OCH3 is 1. The normalized spacial score (nSPS) is 12.8. The molecule has 0 aliphatic heterocycles. The summed E-state index contributed by atoms with van der Waals surface area (Å²) in [5.74, 6) is 0.298. The molecule has 0 aliphatic rings. The lowest BCUT2D eigenvalue weighted by atomic mass is 10.0. The summed E-state index contributed by atoms with van der Waals surface area (Å²) in [5, 5.41) is 3.13. The Morgan fingerprint density at radius 1 is 1.17 bits per heavy atom. The van der Waals surface area contributed by atoms with Crippen LogP contribution < -0.4 is 10.1 Å². The van der Waals surface area contributed by atoms with Crippen molar-refractivity contribution >= 4 is 27.5 Å². The van der Waals surface area contributed by atoms with Crippen molar-refractivity contribution in [2.75, 3.05) is 14.2 Å². The fraction of sp³-hybridized carbons (Fsp3) is 0.381. The van der Waals surface area contributed by atoms with Crippen LogP contribution in [0.3, 0.4) is 0 Å². The van der Waals surface area contributed by atoms with Gasteiger partial charge in [-0.05, 0) is 56.2 Å². The number of carbonyl (C=O) groups excluding carboxylic acids is 1. The number of carbonyl (C=O) groups is 1. The van der Waals surface area contributed by atoms with Crippen molar-refractivity contribution in [3.63, 3.8) is 0 Å². The van der Waals surface area contributed by atoms with E-state index >= 15 is 0 Å². The van der Waals surface area contributed by atoms with Crippen molar-refractivity contribution < 1.29 is 17.9 Å². The summed E-state index contributed by atoms with van der Waals surface area (Å²) in [5.41, 5.74) is 1.04. The number of amides is 1. The number of nitrogens with one attached hydrogen (secondary N) is 1. The Bertz CT molecular complexity index is 959. The Kier molecular flexibility index (Phi) is 7.68. The SMILES string of the molecule is CCC(NC(=O)c1cc(S(=O)(=O)N(C)C(C)C)ccc1Cl)c1ccc(OC)cc1. The van der Waals surface area contributed by atoms with Gasteiger partial charge in [0, 0.05) is 13.1 Å². The van der Waals surface area contributed by atoms with Gasteiger partial charge in [0.05, 0.1) is 28.6 Å². The lowest BCUT2D eigenvalue weighted by molar-refractivity contribution is 0.0935. The minimum atomic E-state index is -3.72. The highest BCUT2D eigenvalue weighted by Crippen LogP contribution is 2.25. The van der Waals surface area contributed by atoms with Crippen molar-refractivity contribution in [1.82, 2.24) is 9.62 Å². The van der Waals surface area contributed by atoms with Gasteiger partial charge in [0.1, 0.15) is 5.75 Å². The van der Waals surface area contributed by atoms with E-state index in [1.54, 1.807) is 21.0 Å². The van der Waals surface area contributed by atoms with E-state index in [1.165, 1.54) is 29.6 Å². The summed E-state index contributed by atoms with van der Waals surface area (Å²) in [7, 11) is -0.628. The monoisotopic (exact) mass is 438 g/mol. The molecule has 0 radical (unpaired) electrons. The quantitative estimate of drug-likeness (QED) is 0.668. The molecular weight excluding hydrogens is 412 g/mol. The van der Waals surface area contributed by atoms with Crippen LogP contribution in [0.25, 0.3) is 0 Å². The lowest BCUT2D eigenvalue weighted by Gasteiger charge is -2.22. The fourth-order valence-corrected chi connectivity index (χ4v) is 4.37. The molecule has 2 rings (SSSR count). The second kappa shape index (κ2) is 9.61. The first-order valence-corrected chi connectivity index (χ1v) is 11.2. The van der Waals surface area contributed by atoms with Crippen molar-refractivity contribution in [3.05, 3.63) is 58.6 Å². The molecule has 0 saturated heterocycles. The van der Waals surface area contributed by atoms with Gasteiger partial charge in [0.2, 0.25) is 10.0 Å². The summed E-state index contributed by atoms with van der Waals surface area (Å²) in [6, 6.07) is 11.1. The van der Waals surface area contributed by atoms with E-state index in [0.717, 1.165) is 11.3 Å². The van der Waals surface area contributed by atoms with Gasteiger partial charge in [-0.1, -0.05) is 30.7 Å². The van der Waals surface area contributed by atoms with E-state index in [4.69, 9.17) is 16.3 Å². The van der Waals surface area contributed by atoms with E-state index in [0.29, 0.717) is 6.42 Å². The Hall–Kier alpha value is -2.09. The van der Waals surface area contributed by atoms with Crippen molar-refractivity contribution in [2.24, 2.45) is 0 Å². The number of hydrogen-bond donors (Lipinski definition) is 1. The van der Waals surface area contributed by atoms with Gasteiger partial charge < -0.3 is 10.1 Å². The van der Waals surface area contributed by atoms with Crippen LogP contribution in [0.15, 0.2) is 47.4 Å². The summed E-state index contributed by atoms with van der Waals surface area (Å²) >= 11 is 6.21. The minimum Gasteiger partial charge on any atom is -0.497 e. The molecule has 2 aromatic carbocycles. The largest absolute Gasteiger partial charge is 0.497 e. The Labute approximate surface area is 177 Å². The van der Waals surface area contributed by atoms with E-state index in [9.17, 15) is 13.2 Å². The smallest absolute Gasteiger partial charge is 0.253 e. The standard InChI is InChI=1S/C21H27ClN2O4S/c1-6-20(15-7-9-16(28-5)10-8-15)23-21(25)18-13-17(11-12-19(18)22)29(26,27)24(4)14(2)3/h7-14,20H,6H2,1-5H3,(H,23,25). The maximum atomic E-state index is 12.9. The minimum absolute atomic E-state index is 0.0285. The number of benzene rings is 2. The molecule has 6 nitrogen and oxygen atoms in total. The Balaban J connectivity index is 2.32. The predicted molar refractivity (Wildman–Crippen MR) is 115 cm³/mol. The van der Waals surface area contributed by atoms with Gasteiger partial charge in [-0.15, -0.1) is 0 Å². The number of ether oxygens (including phenoxy) is 1. The molecule has 0 heterocycles. The van der Waals surface area contributed by atoms with Crippen LogP contribution in [0, 0.1) is 0 Å². The van der Waals surface area contributed by atoms with Crippen molar-refractivity contribution in [2.45, 2.75) is 44.2 Å². The Morgan fingerprint density at radius 3 is 2.31 bits per heavy atom. The molecule has 29 heavy (non-hydrogen) atoms. The number of sulfonamides is 1. The number of halogens is 1. The third-order valence-corrected chi connectivity index (χ3v) is 7.18. The fourth-order valence-electron chi connectivity index (χ4n) is 2.78. The maximum absolute atomic E-state index is 12.9. The summed E-state index contributed by atoms with van der Waals surface area (Å²) < 4.78 is 31.9. The van der Waals surface area contributed by atoms with Crippen LogP contribution in [0.1, 0.15) is 49.2 Å². The molecule has 2 aromatic rings. The zero-order valence-electron chi connectivity index (χ0n) is 17.3. The van der Waals surface area contributed by atoms with Gasteiger partial charge in [0.25, 0.3) is 5.91 Å². The van der Waals surface area contributed by atoms with Crippen LogP contribution in [-0.4, -0.2) is 38.8 Å². The van der Waals surface area contributed by atoms with Crippen molar-refractivity contribution in [1.29, 1.82) is 0 Å². The van der Waals surface area contributed by atoms with Gasteiger partial charge in [-0.2, -0.15) is 4.31 Å². The van der Waals surface area contributed by atoms with E-state index in [2.05, 4.69) is 5.32 Å². The van der Waals surface area contributed by atoms with Crippen LogP contribution >= 0.6 is 11.6 Å². The molecule has 1 amide bonds. The molecule has 0 spiro atoms. The highest BCUT2D eigenvalue weighted by atomic mass is 35.5. The molecule has 8 heteroatoms. The molecule has 158 valence electrons. The van der Waals surface area contributed by atoms with Gasteiger partial charge in [0.15, 0.2) is 0 Å². The average molecular weight is 439 g/mol. The van der Waals surface area contributed by atoms with Crippen LogP contribution in [0.5, 0.6) is 5.75 Å². The highest BCUT2D eigenvalue weighted by molar-refractivity contribution is 7.89. The molecular formula is C21H27ClN2O4S. The molecule has 0 bridgehead atoms. The van der Waals surface area contributed by atoms with Crippen LogP contribution in [0.4, 0.5) is 0 Å². The summed E-state index contributed by atoms with van der Waals surface area (Å²) in [6.45, 7) is 5.51. The number of nitrogens with zero attached hydrogens (tertiary/aromatic N) is 1. The molecule has 0 saturated carbocycles. The lowest BCUT2D eigenvalue weighted by Crippen LogP contribution is -2.33. The van der Waals surface area contributed by atoms with Gasteiger partial charge in [-0.3, -0.25) is 4.79 Å². The maximum Gasteiger partial charge on any atom is 0.253 e. The number of rotatable bonds is 8. The predicted octanol–water partition coefficient (Wildman–Crippen LogP) is 4.26. The van der Waals surface area contributed by atoms with Gasteiger partial charge >= 0.3 is 0 Å². The molecule has 1 N–H and O–H groups in total. The summed E-state index contributed by atoms with van der Waals surface area (Å²) in [6.07, 6.45) is 0.657. The van der Waals surface area contributed by atoms with Crippen LogP contribution in [-0.2, 0) is 10.0 Å². The molecule has 0 aromatic heterocycles. The molecule has 1 unspecified atom stereocenters. The molecule has 0 aliphatic carbocycles. The van der Waals surface area contributed by atoms with Gasteiger partial charge in [-0.25, -0.2) is 8.42 Å². The molecule has 1 atom stereocenters. The number of hydrogen-bond acceptors (Lipinski definition) is 4. The van der Waals surface area contributed by atoms with E-state index < -0.39 is 15.9 Å². The highest BCUT2D eigenvalue weighted by Gasteiger charge is 2.25. The van der Waals surface area contributed by atoms with Crippen molar-refractivity contribution in [3.8, 4) is 5.75 Å². The first kappa shape index (κ1) is 23.2. The van der Waals surface area contributed by atoms with E-state index in [-0.39, 0.29) is 27.6 Å². The molecule has 0 fully saturated rings. The zero-order valence-corrected chi connectivity index (χ0v) is 18.8. The third kappa shape index (κ3) is 5.29. The average Bonchev–Trinajstić information content (AvgIpc) is 2.71. The third-order valence-electron chi connectivity index (χ3n) is 4.82. The first-order chi connectivity index (χ1) is 13.6. The zero-order chi connectivity index (χ0) is 21.8. The second-order valence-electron chi connectivity index (χ2n) is 6.96. The topological polar surface area (TPSA) is 75.7 Å². The summed E-state index contributed by atoms with van der Waals surface area (Å²) in [4.78, 5) is 12.9. The van der Waals surface area contributed by atoms with E-state index in [1.807, 2.05) is 31.2 Å². The Morgan fingerprint density at radius 2 is 1.79 bits per heavy atom. The second-order valence-corrected chi connectivity index (χ2v) is 9.37. The first-order valence-electron chi connectivity index (χ1n) is 9.34.